The highest BCUT2D eigenvalue weighted by atomic mass is 32.2. The molecular weight excluding hydrogens is 727 g/mol. The number of hydrogen-bond acceptors (Lipinski definition) is 12. The Morgan fingerprint density at radius 1 is 1.00 bits per heavy atom. The van der Waals surface area contributed by atoms with Crippen LogP contribution >= 0.6 is 23.1 Å². The fraction of sp³-hybridized carbons (Fsp3) is 0.368. The number of rotatable bonds is 20. The van der Waals surface area contributed by atoms with E-state index in [2.05, 4.69) is 37.5 Å². The first-order chi connectivity index (χ1) is 26.2. The van der Waals surface area contributed by atoms with E-state index in [1.54, 1.807) is 40.6 Å². The standard InChI is InChI=1S/C38H45N9O5S2/c1-4-5-16-46(22-28-12-14-30(15-13-28)36(50)44-51)35(49)11-6-7-17-47-23-31(43-45-47)24-52-32-10-8-9-29(19-32)20-33-21-39-37(54-33)42-34(48)25-53-38-40-26(2)18-27(3)41-38/h8-10,12-15,18-19,21,23,51H,4-7,11,16-17,20,22,24-25H2,1-3H3,(H,44,50)(H,39,42,48). The fourth-order valence-electron chi connectivity index (χ4n) is 5.50. The van der Waals surface area contributed by atoms with Gasteiger partial charge in [0.1, 0.15) is 18.1 Å². The Morgan fingerprint density at radius 2 is 1.80 bits per heavy atom. The summed E-state index contributed by atoms with van der Waals surface area (Å²) < 4.78 is 7.80. The van der Waals surface area contributed by atoms with Crippen molar-refractivity contribution in [1.29, 1.82) is 0 Å². The van der Waals surface area contributed by atoms with Gasteiger partial charge in [-0.25, -0.2) is 20.4 Å². The molecule has 3 heterocycles. The lowest BCUT2D eigenvalue weighted by Crippen LogP contribution is -2.31. The predicted molar refractivity (Wildman–Crippen MR) is 206 cm³/mol. The quantitative estimate of drug-likeness (QED) is 0.0272. The van der Waals surface area contributed by atoms with Crippen LogP contribution in [0.15, 0.2) is 72.1 Å². The second-order valence-electron chi connectivity index (χ2n) is 12.8. The van der Waals surface area contributed by atoms with Gasteiger partial charge in [0.25, 0.3) is 5.91 Å². The molecule has 2 aromatic carbocycles. The Bertz CT molecular complexity index is 1980. The summed E-state index contributed by atoms with van der Waals surface area (Å²) in [4.78, 5) is 53.2. The zero-order valence-corrected chi connectivity index (χ0v) is 32.3. The van der Waals surface area contributed by atoms with Crippen LogP contribution in [0.5, 0.6) is 5.75 Å². The van der Waals surface area contributed by atoms with Crippen LogP contribution in [0.2, 0.25) is 0 Å². The maximum Gasteiger partial charge on any atom is 0.274 e. The minimum Gasteiger partial charge on any atom is -0.487 e. The average Bonchev–Trinajstić information content (AvgIpc) is 3.82. The van der Waals surface area contributed by atoms with Crippen molar-refractivity contribution in [3.05, 3.63) is 106 Å². The van der Waals surface area contributed by atoms with Gasteiger partial charge in [0.15, 0.2) is 10.3 Å². The van der Waals surface area contributed by atoms with Crippen LogP contribution in [0.1, 0.15) is 82.5 Å². The number of thiazole rings is 1. The molecule has 284 valence electrons. The number of carbonyl (C=O) groups excluding carboxylic acids is 3. The van der Waals surface area contributed by atoms with Gasteiger partial charge in [0.2, 0.25) is 11.8 Å². The van der Waals surface area contributed by atoms with Gasteiger partial charge in [0.05, 0.1) is 11.9 Å². The molecular formula is C38H45N9O5S2. The van der Waals surface area contributed by atoms with Gasteiger partial charge >= 0.3 is 0 Å². The lowest BCUT2D eigenvalue weighted by Gasteiger charge is -2.23. The number of amides is 3. The number of benzene rings is 2. The van der Waals surface area contributed by atoms with Crippen LogP contribution in [0.3, 0.4) is 0 Å². The Kier molecular flexibility index (Phi) is 15.1. The van der Waals surface area contributed by atoms with Crippen molar-refractivity contribution in [3.63, 3.8) is 0 Å². The van der Waals surface area contributed by atoms with Crippen LogP contribution in [0.4, 0.5) is 5.13 Å². The van der Waals surface area contributed by atoms with E-state index >= 15 is 0 Å². The van der Waals surface area contributed by atoms with E-state index in [4.69, 9.17) is 9.94 Å². The lowest BCUT2D eigenvalue weighted by atomic mass is 10.1. The molecule has 5 rings (SSSR count). The Hall–Kier alpha value is -5.19. The molecule has 0 saturated heterocycles. The van der Waals surface area contributed by atoms with Gasteiger partial charge < -0.3 is 15.0 Å². The number of carbonyl (C=O) groups is 3. The molecule has 0 atom stereocenters. The van der Waals surface area contributed by atoms with Crippen molar-refractivity contribution in [2.75, 3.05) is 17.6 Å². The molecule has 0 aliphatic carbocycles. The van der Waals surface area contributed by atoms with Crippen LogP contribution < -0.4 is 15.5 Å². The summed E-state index contributed by atoms with van der Waals surface area (Å²) in [5.74, 6) is 0.263. The molecule has 3 amide bonds. The van der Waals surface area contributed by atoms with Gasteiger partial charge in [-0.15, -0.1) is 16.4 Å². The smallest absolute Gasteiger partial charge is 0.274 e. The molecule has 3 N–H and O–H groups in total. The van der Waals surface area contributed by atoms with Crippen molar-refractivity contribution < 1.29 is 24.3 Å². The first kappa shape index (κ1) is 40.0. The first-order valence-electron chi connectivity index (χ1n) is 17.8. The average molecular weight is 772 g/mol. The van der Waals surface area contributed by atoms with E-state index in [0.717, 1.165) is 46.7 Å². The molecule has 0 aliphatic heterocycles. The topological polar surface area (TPSA) is 177 Å². The molecule has 0 spiro atoms. The summed E-state index contributed by atoms with van der Waals surface area (Å²) in [5.41, 5.74) is 6.39. The molecule has 0 radical (unpaired) electrons. The molecule has 0 unspecified atom stereocenters. The van der Waals surface area contributed by atoms with E-state index in [-0.39, 0.29) is 24.2 Å². The molecule has 3 aromatic heterocycles. The minimum absolute atomic E-state index is 0.0906. The fourth-order valence-corrected chi connectivity index (χ4v) is 7.12. The maximum atomic E-state index is 13.1. The van der Waals surface area contributed by atoms with Crippen molar-refractivity contribution in [2.45, 2.75) is 84.1 Å². The highest BCUT2D eigenvalue weighted by Gasteiger charge is 2.15. The Morgan fingerprint density at radius 3 is 2.56 bits per heavy atom. The van der Waals surface area contributed by atoms with Gasteiger partial charge in [0, 0.05) is 60.5 Å². The van der Waals surface area contributed by atoms with E-state index in [1.165, 1.54) is 23.1 Å². The number of ether oxygens (including phenoxy) is 1. The number of aryl methyl sites for hydroxylation is 3. The van der Waals surface area contributed by atoms with Gasteiger partial charge in [-0.3, -0.25) is 24.3 Å². The van der Waals surface area contributed by atoms with E-state index in [1.807, 2.05) is 55.3 Å². The number of unbranched alkanes of at least 4 members (excludes halogenated alkanes) is 2. The molecule has 54 heavy (non-hydrogen) atoms. The van der Waals surface area contributed by atoms with Crippen LogP contribution in [-0.2, 0) is 35.7 Å². The number of thioether (sulfide) groups is 1. The predicted octanol–water partition coefficient (Wildman–Crippen LogP) is 6.16. The molecule has 0 saturated carbocycles. The summed E-state index contributed by atoms with van der Waals surface area (Å²) in [6, 6.07) is 16.6. The minimum atomic E-state index is -0.571. The summed E-state index contributed by atoms with van der Waals surface area (Å²) in [6.45, 7) is 7.94. The Labute approximate surface area is 322 Å². The lowest BCUT2D eigenvalue weighted by molar-refractivity contribution is -0.132. The third-order valence-corrected chi connectivity index (χ3v) is 9.96. The van der Waals surface area contributed by atoms with Crippen molar-refractivity contribution >= 4 is 46.0 Å². The number of aromatic nitrogens is 6. The molecule has 0 aliphatic rings. The number of hydroxylamine groups is 1. The second kappa shape index (κ2) is 20.3. The number of hydrogen-bond donors (Lipinski definition) is 3. The number of nitrogens with one attached hydrogen (secondary N) is 2. The van der Waals surface area contributed by atoms with Crippen molar-refractivity contribution in [1.82, 2.24) is 40.3 Å². The van der Waals surface area contributed by atoms with Crippen LogP contribution in [-0.4, -0.2) is 70.1 Å². The molecule has 5 aromatic rings. The number of nitrogens with zero attached hydrogens (tertiary/aromatic N) is 7. The second-order valence-corrected chi connectivity index (χ2v) is 14.8. The van der Waals surface area contributed by atoms with Gasteiger partial charge in [-0.1, -0.05) is 54.6 Å². The zero-order chi connectivity index (χ0) is 38.3. The largest absolute Gasteiger partial charge is 0.487 e. The highest BCUT2D eigenvalue weighted by Crippen LogP contribution is 2.24. The number of anilines is 1. The zero-order valence-electron chi connectivity index (χ0n) is 30.7. The summed E-state index contributed by atoms with van der Waals surface area (Å²) in [6.07, 6.45) is 8.07. The maximum absolute atomic E-state index is 13.1. The van der Waals surface area contributed by atoms with E-state index in [9.17, 15) is 14.4 Å². The third kappa shape index (κ3) is 12.7. The van der Waals surface area contributed by atoms with Crippen molar-refractivity contribution in [3.8, 4) is 5.75 Å². The monoisotopic (exact) mass is 771 g/mol. The van der Waals surface area contributed by atoms with E-state index < -0.39 is 5.91 Å². The SMILES string of the molecule is CCCCN(Cc1ccc(C(=O)NO)cc1)C(=O)CCCCn1cc(COc2cccc(Cc3cnc(NC(=O)CSc4nc(C)cc(C)n4)s3)c2)nn1. The summed E-state index contributed by atoms with van der Waals surface area (Å²) in [7, 11) is 0. The van der Waals surface area contributed by atoms with Gasteiger partial charge in [-0.2, -0.15) is 0 Å². The van der Waals surface area contributed by atoms with Crippen molar-refractivity contribution in [2.24, 2.45) is 0 Å². The molecule has 16 heteroatoms. The molecule has 0 fully saturated rings. The first-order valence-corrected chi connectivity index (χ1v) is 19.6. The van der Waals surface area contributed by atoms with Crippen LogP contribution in [0, 0.1) is 13.8 Å². The normalized spacial score (nSPS) is 11.0. The van der Waals surface area contributed by atoms with Crippen LogP contribution in [0.25, 0.3) is 0 Å². The third-order valence-electron chi connectivity index (χ3n) is 8.20. The van der Waals surface area contributed by atoms with E-state index in [0.29, 0.717) is 66.2 Å². The summed E-state index contributed by atoms with van der Waals surface area (Å²) in [5, 5.41) is 21.3. The molecule has 0 bridgehead atoms. The highest BCUT2D eigenvalue weighted by molar-refractivity contribution is 7.99. The van der Waals surface area contributed by atoms with Gasteiger partial charge in [-0.05, 0) is 74.6 Å². The Balaban J connectivity index is 1.02. The summed E-state index contributed by atoms with van der Waals surface area (Å²) >= 11 is 2.73. The molecule has 14 nitrogen and oxygen atoms in total.